The molecule has 0 bridgehead atoms. The smallest absolute Gasteiger partial charge is 0.226 e. The minimum Gasteiger partial charge on any atom is -0.355 e. The number of benzene rings is 1. The minimum absolute atomic E-state index is 0.0164. The number of piperidine rings is 1. The largest absolute Gasteiger partial charge is 0.355 e. The number of nitrogens with one attached hydrogen (secondary N) is 3. The molecule has 2 amide bonds. The zero-order valence-electron chi connectivity index (χ0n) is 20.3. The van der Waals surface area contributed by atoms with Gasteiger partial charge in [0.2, 0.25) is 11.8 Å². The van der Waals surface area contributed by atoms with E-state index in [0.717, 1.165) is 58.3 Å². The summed E-state index contributed by atoms with van der Waals surface area (Å²) in [5.74, 6) is 0.326. The first-order chi connectivity index (χ1) is 17.5. The third kappa shape index (κ3) is 4.21. The quantitative estimate of drug-likeness (QED) is 0.406. The molecule has 9 nitrogen and oxygen atoms in total. The molecule has 1 fully saturated rings. The van der Waals surface area contributed by atoms with Crippen LogP contribution in [0.5, 0.6) is 0 Å². The molecule has 6 rings (SSSR count). The van der Waals surface area contributed by atoms with Gasteiger partial charge in [-0.25, -0.2) is 4.98 Å². The number of nitrogens with zero attached hydrogens (tertiary/aromatic N) is 4. The highest BCUT2D eigenvalue weighted by atomic mass is 16.2. The van der Waals surface area contributed by atoms with Gasteiger partial charge in [0.1, 0.15) is 5.65 Å². The van der Waals surface area contributed by atoms with Crippen molar-refractivity contribution in [1.82, 2.24) is 30.0 Å². The van der Waals surface area contributed by atoms with Crippen molar-refractivity contribution < 1.29 is 9.59 Å². The number of amides is 2. The topological polar surface area (TPSA) is 110 Å². The van der Waals surface area contributed by atoms with E-state index in [0.29, 0.717) is 26.2 Å². The van der Waals surface area contributed by atoms with Crippen LogP contribution in [0.1, 0.15) is 31.9 Å². The second-order valence-electron chi connectivity index (χ2n) is 9.64. The molecule has 9 heteroatoms. The molecule has 1 aromatic carbocycles. The van der Waals surface area contributed by atoms with Gasteiger partial charge in [-0.05, 0) is 55.2 Å². The Morgan fingerprint density at radius 2 is 1.94 bits per heavy atom. The number of H-pyrrole nitrogens is 2. The molecular formula is C27H29N7O2. The molecule has 0 saturated carbocycles. The zero-order chi connectivity index (χ0) is 24.6. The van der Waals surface area contributed by atoms with Crippen molar-refractivity contribution in [2.75, 3.05) is 31.5 Å². The molecule has 0 aliphatic carbocycles. The van der Waals surface area contributed by atoms with E-state index >= 15 is 0 Å². The van der Waals surface area contributed by atoms with Gasteiger partial charge in [0.15, 0.2) is 0 Å². The number of carbonyl (C=O) groups is 2. The second-order valence-corrected chi connectivity index (χ2v) is 9.64. The van der Waals surface area contributed by atoms with Gasteiger partial charge in [0.05, 0.1) is 17.4 Å². The maximum atomic E-state index is 13.1. The predicted octanol–water partition coefficient (Wildman–Crippen LogP) is 4.06. The van der Waals surface area contributed by atoms with Crippen LogP contribution in [0.15, 0.2) is 48.8 Å². The third-order valence-electron chi connectivity index (χ3n) is 7.41. The van der Waals surface area contributed by atoms with E-state index in [4.69, 9.17) is 0 Å². The fourth-order valence-corrected chi connectivity index (χ4v) is 5.30. The molecule has 2 aliphatic heterocycles. The molecule has 0 unspecified atom stereocenters. The number of rotatable bonds is 4. The molecule has 0 atom stereocenters. The highest BCUT2D eigenvalue weighted by Crippen LogP contribution is 2.31. The molecule has 1 saturated heterocycles. The van der Waals surface area contributed by atoms with Gasteiger partial charge in [0, 0.05) is 67.4 Å². The number of carbonyl (C=O) groups excluding carboxylic acids is 2. The summed E-state index contributed by atoms with van der Waals surface area (Å²) in [7, 11) is 0. The van der Waals surface area contributed by atoms with Crippen LogP contribution < -0.4 is 5.32 Å². The Balaban J connectivity index is 1.16. The number of aromatic nitrogens is 4. The SMILES string of the molecule is CC(=O)N1CCC(C(=O)N2CC=C(c3cc4c(Nc5ccc6[nH]ncc6c5)ccnc4[nH]3)CC2)CC1. The van der Waals surface area contributed by atoms with Crippen LogP contribution in [0.3, 0.4) is 0 Å². The maximum Gasteiger partial charge on any atom is 0.226 e. The minimum atomic E-state index is 0.0164. The molecule has 184 valence electrons. The summed E-state index contributed by atoms with van der Waals surface area (Å²) in [6.45, 7) is 4.26. The Labute approximate surface area is 208 Å². The van der Waals surface area contributed by atoms with Gasteiger partial charge in [-0.3, -0.25) is 14.7 Å². The lowest BCUT2D eigenvalue weighted by molar-refractivity contribution is -0.139. The van der Waals surface area contributed by atoms with Crippen LogP contribution >= 0.6 is 0 Å². The maximum absolute atomic E-state index is 13.1. The van der Waals surface area contributed by atoms with Crippen LogP contribution in [-0.4, -0.2) is 68.0 Å². The molecule has 3 aromatic heterocycles. The van der Waals surface area contributed by atoms with Crippen molar-refractivity contribution in [2.24, 2.45) is 5.92 Å². The first kappa shape index (κ1) is 22.3. The van der Waals surface area contributed by atoms with E-state index < -0.39 is 0 Å². The Kier molecular flexibility index (Phi) is 5.67. The number of pyridine rings is 1. The van der Waals surface area contributed by atoms with Gasteiger partial charge < -0.3 is 20.1 Å². The number of fused-ring (bicyclic) bond motifs is 2. The Morgan fingerprint density at radius 1 is 1.08 bits per heavy atom. The van der Waals surface area contributed by atoms with Crippen LogP contribution in [0.2, 0.25) is 0 Å². The van der Waals surface area contributed by atoms with Crippen molar-refractivity contribution in [3.8, 4) is 0 Å². The van der Waals surface area contributed by atoms with Crippen molar-refractivity contribution >= 4 is 50.7 Å². The van der Waals surface area contributed by atoms with Crippen molar-refractivity contribution in [3.05, 3.63) is 54.5 Å². The fourth-order valence-electron chi connectivity index (χ4n) is 5.30. The molecule has 5 heterocycles. The summed E-state index contributed by atoms with van der Waals surface area (Å²) in [6, 6.07) is 10.2. The van der Waals surface area contributed by atoms with Crippen molar-refractivity contribution in [2.45, 2.75) is 26.2 Å². The Bertz CT molecular complexity index is 1480. The molecule has 36 heavy (non-hydrogen) atoms. The highest BCUT2D eigenvalue weighted by molar-refractivity contribution is 5.95. The van der Waals surface area contributed by atoms with Gasteiger partial charge in [-0.2, -0.15) is 5.10 Å². The Hall–Kier alpha value is -4.14. The summed E-state index contributed by atoms with van der Waals surface area (Å²) in [5.41, 5.74) is 6.04. The van der Waals surface area contributed by atoms with Crippen LogP contribution in [-0.2, 0) is 9.59 Å². The molecule has 2 aliphatic rings. The van der Waals surface area contributed by atoms with E-state index in [1.165, 1.54) is 5.57 Å². The van der Waals surface area contributed by atoms with Gasteiger partial charge in [-0.15, -0.1) is 0 Å². The summed E-state index contributed by atoms with van der Waals surface area (Å²) in [6.07, 6.45) is 8.07. The van der Waals surface area contributed by atoms with Gasteiger partial charge >= 0.3 is 0 Å². The lowest BCUT2D eigenvalue weighted by atomic mass is 9.94. The first-order valence-electron chi connectivity index (χ1n) is 12.5. The normalized spacial score (nSPS) is 17.0. The monoisotopic (exact) mass is 483 g/mol. The lowest BCUT2D eigenvalue weighted by Crippen LogP contribution is -2.44. The van der Waals surface area contributed by atoms with E-state index in [1.807, 2.05) is 34.2 Å². The molecular weight excluding hydrogens is 454 g/mol. The number of aromatic amines is 2. The summed E-state index contributed by atoms with van der Waals surface area (Å²) in [5, 5.41) is 12.7. The van der Waals surface area contributed by atoms with E-state index in [9.17, 15) is 9.59 Å². The standard InChI is InChI=1S/C27H29N7O2/c1-17(35)33-10-7-19(8-11-33)27(36)34-12-5-18(6-13-34)25-15-22-24(4-9-28-26(22)31-25)30-21-2-3-23-20(14-21)16-29-32-23/h2-5,9,14-16,19H,6-8,10-13H2,1H3,(H,29,32)(H2,28,30,31). The fraction of sp³-hybridized carbons (Fsp3) is 0.333. The second kappa shape index (κ2) is 9.14. The van der Waals surface area contributed by atoms with Crippen molar-refractivity contribution in [3.63, 3.8) is 0 Å². The summed E-state index contributed by atoms with van der Waals surface area (Å²) in [4.78, 5) is 36.4. The number of likely N-dealkylation sites (tertiary alicyclic amines) is 1. The third-order valence-corrected chi connectivity index (χ3v) is 7.41. The van der Waals surface area contributed by atoms with Crippen LogP contribution in [0.25, 0.3) is 27.5 Å². The summed E-state index contributed by atoms with van der Waals surface area (Å²) >= 11 is 0. The Morgan fingerprint density at radius 3 is 2.72 bits per heavy atom. The average molecular weight is 484 g/mol. The molecule has 0 radical (unpaired) electrons. The van der Waals surface area contributed by atoms with Gasteiger partial charge in [-0.1, -0.05) is 6.08 Å². The van der Waals surface area contributed by atoms with Gasteiger partial charge in [0.25, 0.3) is 0 Å². The highest BCUT2D eigenvalue weighted by Gasteiger charge is 2.30. The lowest BCUT2D eigenvalue weighted by Gasteiger charge is -2.34. The number of hydrogen-bond donors (Lipinski definition) is 3. The number of hydrogen-bond acceptors (Lipinski definition) is 5. The zero-order valence-corrected chi connectivity index (χ0v) is 20.3. The first-order valence-corrected chi connectivity index (χ1v) is 12.5. The molecule has 4 aromatic rings. The average Bonchev–Trinajstić information content (AvgIpc) is 3.56. The predicted molar refractivity (Wildman–Crippen MR) is 140 cm³/mol. The molecule has 3 N–H and O–H groups in total. The van der Waals surface area contributed by atoms with E-state index in [-0.39, 0.29) is 17.7 Å². The molecule has 0 spiro atoms. The van der Waals surface area contributed by atoms with Crippen LogP contribution in [0.4, 0.5) is 11.4 Å². The summed E-state index contributed by atoms with van der Waals surface area (Å²) < 4.78 is 0. The van der Waals surface area contributed by atoms with Crippen molar-refractivity contribution in [1.29, 1.82) is 0 Å². The van der Waals surface area contributed by atoms with Crippen LogP contribution in [0, 0.1) is 5.92 Å². The number of anilines is 2. The van der Waals surface area contributed by atoms with E-state index in [2.05, 4.69) is 43.7 Å². The van der Waals surface area contributed by atoms with E-state index in [1.54, 1.807) is 13.1 Å².